The van der Waals surface area contributed by atoms with E-state index in [0.717, 1.165) is 16.8 Å². The van der Waals surface area contributed by atoms with Gasteiger partial charge in [0, 0.05) is 11.9 Å². The molecular weight excluding hydrogens is 121 g/mol. The molecule has 50 valence electrons. The van der Waals surface area contributed by atoms with Crippen molar-refractivity contribution in [3.05, 3.63) is 30.1 Å². The largest absolute Gasteiger partial charge is 0.361 e. The van der Waals surface area contributed by atoms with Gasteiger partial charge in [0.05, 0.1) is 7.85 Å². The Morgan fingerprint density at radius 1 is 1.80 bits per heavy atom. The van der Waals surface area contributed by atoms with Crippen LogP contribution in [0, 0.1) is 0 Å². The minimum Gasteiger partial charge on any atom is -0.361 e. The standard InChI is InChI=1S/C8H10BN/c1-6(2)8-3-7(4-9)5-10-8/h3,5,10H,1,4H2,2H3. The first-order valence-electron chi connectivity index (χ1n) is 3.27. The molecule has 2 radical (unpaired) electrons. The van der Waals surface area contributed by atoms with E-state index < -0.39 is 0 Å². The molecule has 0 saturated heterocycles. The fraction of sp³-hybridized carbons (Fsp3) is 0.250. The molecular formula is C8H10BN. The van der Waals surface area contributed by atoms with Crippen molar-refractivity contribution < 1.29 is 0 Å². The van der Waals surface area contributed by atoms with Crippen LogP contribution in [0.15, 0.2) is 18.8 Å². The van der Waals surface area contributed by atoms with E-state index in [-0.39, 0.29) is 0 Å². The van der Waals surface area contributed by atoms with Gasteiger partial charge in [0.25, 0.3) is 0 Å². The first-order valence-corrected chi connectivity index (χ1v) is 3.27. The van der Waals surface area contributed by atoms with Gasteiger partial charge in [-0.25, -0.2) is 0 Å². The molecule has 0 spiro atoms. The molecule has 1 aromatic heterocycles. The maximum absolute atomic E-state index is 5.41. The van der Waals surface area contributed by atoms with E-state index >= 15 is 0 Å². The number of hydrogen-bond acceptors (Lipinski definition) is 0. The molecule has 2 heteroatoms. The van der Waals surface area contributed by atoms with Crippen molar-refractivity contribution in [3.63, 3.8) is 0 Å². The molecule has 0 aromatic carbocycles. The van der Waals surface area contributed by atoms with Crippen LogP contribution < -0.4 is 0 Å². The van der Waals surface area contributed by atoms with Crippen LogP contribution in [0.2, 0.25) is 0 Å². The van der Waals surface area contributed by atoms with Gasteiger partial charge in [0.1, 0.15) is 0 Å². The summed E-state index contributed by atoms with van der Waals surface area (Å²) in [5.74, 6) is 0. The SMILES string of the molecule is [B]Cc1c[nH]c(C(=C)C)c1. The third-order valence-corrected chi connectivity index (χ3v) is 1.44. The average Bonchev–Trinajstić information content (AvgIpc) is 2.34. The molecule has 1 N–H and O–H groups in total. The van der Waals surface area contributed by atoms with E-state index in [1.165, 1.54) is 0 Å². The highest BCUT2D eigenvalue weighted by atomic mass is 14.7. The molecule has 0 atom stereocenters. The first kappa shape index (κ1) is 7.20. The molecule has 0 fully saturated rings. The van der Waals surface area contributed by atoms with Gasteiger partial charge in [0.15, 0.2) is 0 Å². The number of H-pyrrole nitrogens is 1. The van der Waals surface area contributed by atoms with Gasteiger partial charge < -0.3 is 4.98 Å². The monoisotopic (exact) mass is 131 g/mol. The van der Waals surface area contributed by atoms with E-state index in [0.29, 0.717) is 6.32 Å². The van der Waals surface area contributed by atoms with Gasteiger partial charge in [0.2, 0.25) is 0 Å². The summed E-state index contributed by atoms with van der Waals surface area (Å²) >= 11 is 0. The predicted molar refractivity (Wildman–Crippen MR) is 45.0 cm³/mol. The Kier molecular flexibility index (Phi) is 2.00. The molecule has 1 rings (SSSR count). The summed E-state index contributed by atoms with van der Waals surface area (Å²) in [6.07, 6.45) is 2.49. The first-order chi connectivity index (χ1) is 4.74. The summed E-state index contributed by atoms with van der Waals surface area (Å²) in [6.45, 7) is 5.77. The Hall–Kier alpha value is -0.915. The molecule has 1 aromatic rings. The Balaban J connectivity index is 2.88. The number of hydrogen-bond donors (Lipinski definition) is 1. The average molecular weight is 131 g/mol. The van der Waals surface area contributed by atoms with Gasteiger partial charge in [-0.1, -0.05) is 12.9 Å². The van der Waals surface area contributed by atoms with Crippen molar-refractivity contribution in [2.45, 2.75) is 13.2 Å². The zero-order valence-corrected chi connectivity index (χ0v) is 6.15. The number of aromatic nitrogens is 1. The Morgan fingerprint density at radius 2 is 2.50 bits per heavy atom. The number of aromatic amines is 1. The Morgan fingerprint density at radius 3 is 2.80 bits per heavy atom. The van der Waals surface area contributed by atoms with Crippen LogP contribution in [0.25, 0.3) is 5.57 Å². The van der Waals surface area contributed by atoms with Gasteiger partial charge >= 0.3 is 0 Å². The summed E-state index contributed by atoms with van der Waals surface area (Å²) < 4.78 is 0. The second kappa shape index (κ2) is 2.78. The van der Waals surface area contributed by atoms with E-state index in [1.54, 1.807) is 0 Å². The molecule has 1 nitrogen and oxygen atoms in total. The zero-order valence-electron chi connectivity index (χ0n) is 6.15. The summed E-state index contributed by atoms with van der Waals surface area (Å²) in [4.78, 5) is 3.08. The topological polar surface area (TPSA) is 15.8 Å². The highest BCUT2D eigenvalue weighted by molar-refractivity contribution is 6.08. The molecule has 0 bridgehead atoms. The highest BCUT2D eigenvalue weighted by Crippen LogP contribution is 2.10. The van der Waals surface area contributed by atoms with Gasteiger partial charge in [-0.2, -0.15) is 0 Å². The maximum Gasteiger partial charge on any atom is 0.0717 e. The Labute approximate surface area is 62.6 Å². The van der Waals surface area contributed by atoms with Crippen molar-refractivity contribution in [3.8, 4) is 0 Å². The number of allylic oxidation sites excluding steroid dienone is 1. The predicted octanol–water partition coefficient (Wildman–Crippen LogP) is 1.72. The summed E-state index contributed by atoms with van der Waals surface area (Å²) in [6, 6.07) is 2.02. The molecule has 0 saturated carbocycles. The minimum absolute atomic E-state index is 0.587. The minimum atomic E-state index is 0.587. The highest BCUT2D eigenvalue weighted by Gasteiger charge is 1.95. The van der Waals surface area contributed by atoms with Crippen molar-refractivity contribution in [1.29, 1.82) is 0 Å². The van der Waals surface area contributed by atoms with Crippen LogP contribution in [0.5, 0.6) is 0 Å². The lowest BCUT2D eigenvalue weighted by molar-refractivity contribution is 1.33. The smallest absolute Gasteiger partial charge is 0.0717 e. The second-order valence-corrected chi connectivity index (χ2v) is 2.41. The third-order valence-electron chi connectivity index (χ3n) is 1.44. The molecule has 0 aliphatic heterocycles. The third kappa shape index (κ3) is 1.32. The van der Waals surface area contributed by atoms with Crippen LogP contribution >= 0.6 is 0 Å². The molecule has 10 heavy (non-hydrogen) atoms. The molecule has 0 unspecified atom stereocenters. The van der Waals surface area contributed by atoms with Crippen LogP contribution in [0.3, 0.4) is 0 Å². The molecule has 1 heterocycles. The molecule has 0 aliphatic rings. The van der Waals surface area contributed by atoms with Crippen molar-refractivity contribution in [2.24, 2.45) is 0 Å². The van der Waals surface area contributed by atoms with Crippen molar-refractivity contribution in [2.75, 3.05) is 0 Å². The van der Waals surface area contributed by atoms with Gasteiger partial charge in [-0.15, -0.1) is 0 Å². The van der Waals surface area contributed by atoms with E-state index in [2.05, 4.69) is 11.6 Å². The fourth-order valence-corrected chi connectivity index (χ4v) is 0.803. The summed E-state index contributed by atoms with van der Waals surface area (Å²) in [5, 5.41) is 0. The lowest BCUT2D eigenvalue weighted by Crippen LogP contribution is -1.76. The van der Waals surface area contributed by atoms with Gasteiger partial charge in [-0.3, -0.25) is 0 Å². The van der Waals surface area contributed by atoms with Gasteiger partial charge in [-0.05, 0) is 24.1 Å². The van der Waals surface area contributed by atoms with Crippen molar-refractivity contribution >= 4 is 13.4 Å². The van der Waals surface area contributed by atoms with Crippen LogP contribution in [0.4, 0.5) is 0 Å². The fourth-order valence-electron chi connectivity index (χ4n) is 0.803. The molecule has 0 amide bonds. The lowest BCUT2D eigenvalue weighted by Gasteiger charge is -1.89. The Bertz CT molecular complexity index is 237. The van der Waals surface area contributed by atoms with E-state index in [4.69, 9.17) is 7.85 Å². The number of rotatable bonds is 2. The molecule has 0 aliphatic carbocycles. The maximum atomic E-state index is 5.41. The van der Waals surface area contributed by atoms with E-state index in [9.17, 15) is 0 Å². The van der Waals surface area contributed by atoms with Crippen molar-refractivity contribution in [1.82, 2.24) is 4.98 Å². The van der Waals surface area contributed by atoms with Crippen LogP contribution in [0.1, 0.15) is 18.2 Å². The normalized spacial score (nSPS) is 9.70. The number of nitrogens with one attached hydrogen (secondary N) is 1. The summed E-state index contributed by atoms with van der Waals surface area (Å²) in [7, 11) is 5.41. The van der Waals surface area contributed by atoms with E-state index in [1.807, 2.05) is 19.2 Å². The second-order valence-electron chi connectivity index (χ2n) is 2.41. The zero-order chi connectivity index (χ0) is 7.56. The summed E-state index contributed by atoms with van der Waals surface area (Å²) in [5.41, 5.74) is 3.23. The lowest BCUT2D eigenvalue weighted by atomic mass is 9.99. The quantitative estimate of drug-likeness (QED) is 0.588. The van der Waals surface area contributed by atoms with Crippen LogP contribution in [-0.2, 0) is 6.32 Å². The van der Waals surface area contributed by atoms with Crippen LogP contribution in [-0.4, -0.2) is 12.8 Å².